The second-order valence-electron chi connectivity index (χ2n) is 8.79. The molecule has 194 valence electrons. The van der Waals surface area contributed by atoms with Crippen LogP contribution in [0.4, 0.5) is 5.69 Å². The van der Waals surface area contributed by atoms with Crippen molar-refractivity contribution in [2.75, 3.05) is 11.9 Å². The van der Waals surface area contributed by atoms with Crippen LogP contribution in [0.1, 0.15) is 96.3 Å². The molecule has 0 fully saturated rings. The van der Waals surface area contributed by atoms with Crippen molar-refractivity contribution in [3.63, 3.8) is 0 Å². The number of hydrogen-bond acceptors (Lipinski definition) is 5. The Morgan fingerprint density at radius 1 is 0.824 bits per heavy atom. The minimum atomic E-state index is -4.48. The van der Waals surface area contributed by atoms with Crippen molar-refractivity contribution in [1.29, 1.82) is 0 Å². The predicted octanol–water partition coefficient (Wildman–Crippen LogP) is 5.77. The first-order valence-corrected chi connectivity index (χ1v) is 13.7. The van der Waals surface area contributed by atoms with Crippen LogP contribution in [-0.4, -0.2) is 43.1 Å². The molecule has 2 N–H and O–H groups in total. The number of nitrogens with zero attached hydrogens (tertiary/aromatic N) is 1. The van der Waals surface area contributed by atoms with Crippen LogP contribution >= 0.6 is 0 Å². The van der Waals surface area contributed by atoms with E-state index in [1.54, 1.807) is 11.9 Å². The molecule has 0 spiro atoms. The van der Waals surface area contributed by atoms with Gasteiger partial charge in [0.2, 0.25) is 5.91 Å². The lowest BCUT2D eigenvalue weighted by Gasteiger charge is -2.17. The first-order valence-electron chi connectivity index (χ1n) is 12.4. The molecule has 8 nitrogen and oxygen atoms in total. The summed E-state index contributed by atoms with van der Waals surface area (Å²) >= 11 is 0. The Labute approximate surface area is 204 Å². The number of rotatable bonds is 20. The lowest BCUT2D eigenvalue weighted by atomic mass is 10.0. The highest BCUT2D eigenvalue weighted by Crippen LogP contribution is 2.19. The van der Waals surface area contributed by atoms with Gasteiger partial charge in [-0.25, -0.2) is 4.18 Å². The van der Waals surface area contributed by atoms with Crippen molar-refractivity contribution in [3.05, 3.63) is 30.3 Å². The number of anilines is 1. The summed E-state index contributed by atoms with van der Waals surface area (Å²) in [6.07, 6.45) is 10.9. The topological polar surface area (TPSA) is 121 Å². The number of hydrogen-bond donors (Lipinski definition) is 2. The van der Waals surface area contributed by atoms with Crippen molar-refractivity contribution >= 4 is 28.0 Å². The standard InChI is InChI=1S/C25H41NO7S/c1-26(22-16-10-9-11-17-22)24(27)20-14-7-3-2-5-12-18-23(33-34(30,31)32)19-13-6-4-8-15-21-25(28)29/h9-11,16-17,23H,2-8,12-15,18-21H2,1H3,(H,28,29)(H,30,31,32)/t23-/m1/s1. The van der Waals surface area contributed by atoms with Gasteiger partial charge >= 0.3 is 16.4 Å². The maximum absolute atomic E-state index is 12.3. The average Bonchev–Trinajstić information content (AvgIpc) is 2.78. The Kier molecular flexibility index (Phi) is 15.4. The van der Waals surface area contributed by atoms with Gasteiger partial charge in [0.25, 0.3) is 0 Å². The highest BCUT2D eigenvalue weighted by atomic mass is 32.3. The first kappa shape index (κ1) is 30.1. The van der Waals surface area contributed by atoms with Gasteiger partial charge in [-0.2, -0.15) is 8.42 Å². The minimum absolute atomic E-state index is 0.110. The van der Waals surface area contributed by atoms with Gasteiger partial charge in [-0.1, -0.05) is 76.0 Å². The predicted molar refractivity (Wildman–Crippen MR) is 133 cm³/mol. The molecule has 1 aromatic rings. The van der Waals surface area contributed by atoms with Gasteiger partial charge in [-0.15, -0.1) is 0 Å². The van der Waals surface area contributed by atoms with E-state index in [0.717, 1.165) is 69.9 Å². The second kappa shape index (κ2) is 17.5. The zero-order valence-electron chi connectivity index (χ0n) is 20.4. The number of benzene rings is 1. The summed E-state index contributed by atoms with van der Waals surface area (Å²) in [5.41, 5.74) is 0.896. The molecule has 0 bridgehead atoms. The Hall–Kier alpha value is -1.97. The largest absolute Gasteiger partial charge is 0.481 e. The molecule has 1 amide bonds. The quantitative estimate of drug-likeness (QED) is 0.172. The second-order valence-corrected chi connectivity index (χ2v) is 9.84. The van der Waals surface area contributed by atoms with E-state index < -0.39 is 22.5 Å². The third-order valence-corrected chi connectivity index (χ3v) is 6.37. The fraction of sp³-hybridized carbons (Fsp3) is 0.680. The summed E-state index contributed by atoms with van der Waals surface area (Å²) in [6.45, 7) is 0. The molecule has 0 aliphatic heterocycles. The van der Waals surface area contributed by atoms with E-state index in [1.165, 1.54) is 0 Å². The van der Waals surface area contributed by atoms with Gasteiger partial charge in [0.15, 0.2) is 0 Å². The molecule has 1 atom stereocenters. The summed E-state index contributed by atoms with van der Waals surface area (Å²) in [5, 5.41) is 8.63. The molecule has 34 heavy (non-hydrogen) atoms. The van der Waals surface area contributed by atoms with Crippen molar-refractivity contribution in [2.24, 2.45) is 0 Å². The summed E-state index contributed by atoms with van der Waals surface area (Å²) in [6, 6.07) is 9.58. The molecular weight excluding hydrogens is 458 g/mol. The molecule has 0 saturated carbocycles. The van der Waals surface area contributed by atoms with Crippen molar-refractivity contribution in [3.8, 4) is 0 Å². The van der Waals surface area contributed by atoms with E-state index >= 15 is 0 Å². The first-order chi connectivity index (χ1) is 16.2. The molecular formula is C25H41NO7S. The van der Waals surface area contributed by atoms with Gasteiger partial charge in [0.05, 0.1) is 6.10 Å². The number of para-hydroxylation sites is 1. The van der Waals surface area contributed by atoms with Gasteiger partial charge < -0.3 is 10.0 Å². The van der Waals surface area contributed by atoms with Gasteiger partial charge in [-0.3, -0.25) is 14.1 Å². The molecule has 0 unspecified atom stereocenters. The number of carboxylic acids is 1. The van der Waals surface area contributed by atoms with E-state index in [0.29, 0.717) is 25.7 Å². The maximum atomic E-state index is 12.3. The smallest absolute Gasteiger partial charge is 0.397 e. The molecule has 1 aromatic carbocycles. The monoisotopic (exact) mass is 499 g/mol. The lowest BCUT2D eigenvalue weighted by molar-refractivity contribution is -0.137. The van der Waals surface area contributed by atoms with Crippen LogP contribution in [0.15, 0.2) is 30.3 Å². The van der Waals surface area contributed by atoms with Crippen molar-refractivity contribution in [2.45, 2.75) is 102 Å². The zero-order chi connectivity index (χ0) is 25.2. The number of carbonyl (C=O) groups is 2. The van der Waals surface area contributed by atoms with Crippen LogP contribution in [0.3, 0.4) is 0 Å². The average molecular weight is 500 g/mol. The van der Waals surface area contributed by atoms with Gasteiger partial charge in [0.1, 0.15) is 0 Å². The number of carbonyl (C=O) groups excluding carboxylic acids is 1. The molecule has 0 radical (unpaired) electrons. The molecule has 0 heterocycles. The van der Waals surface area contributed by atoms with Gasteiger partial charge in [-0.05, 0) is 37.8 Å². The summed E-state index contributed by atoms with van der Waals surface area (Å²) in [7, 11) is -2.68. The number of unbranched alkanes of at least 4 members (excludes halogenated alkanes) is 9. The molecule has 0 aliphatic rings. The summed E-state index contributed by atoms with van der Waals surface area (Å²) in [5.74, 6) is -0.677. The van der Waals surface area contributed by atoms with E-state index in [-0.39, 0.29) is 12.3 Å². The van der Waals surface area contributed by atoms with Crippen LogP contribution in [0.25, 0.3) is 0 Å². The lowest BCUT2D eigenvalue weighted by Crippen LogP contribution is -2.25. The fourth-order valence-electron chi connectivity index (χ4n) is 3.91. The number of amides is 1. The highest BCUT2D eigenvalue weighted by molar-refractivity contribution is 7.80. The molecule has 0 aromatic heterocycles. The van der Waals surface area contributed by atoms with Crippen molar-refractivity contribution < 1.29 is 31.8 Å². The van der Waals surface area contributed by atoms with Crippen molar-refractivity contribution in [1.82, 2.24) is 0 Å². The van der Waals surface area contributed by atoms with Gasteiger partial charge in [0, 0.05) is 25.6 Å². The SMILES string of the molecule is CN(C(=O)CCCCCCCC[C@H](CCCCCCCC(=O)O)OS(=O)(=O)O)c1ccccc1. The summed E-state index contributed by atoms with van der Waals surface area (Å²) in [4.78, 5) is 24.5. The molecule has 9 heteroatoms. The minimum Gasteiger partial charge on any atom is -0.481 e. The van der Waals surface area contributed by atoms with E-state index in [9.17, 15) is 18.0 Å². The van der Waals surface area contributed by atoms with Crippen LogP contribution in [0.2, 0.25) is 0 Å². The molecule has 0 aliphatic carbocycles. The molecule has 0 saturated heterocycles. The normalized spacial score (nSPS) is 12.4. The Bertz CT molecular complexity index is 799. The maximum Gasteiger partial charge on any atom is 0.397 e. The third-order valence-electron chi connectivity index (χ3n) is 5.86. The Morgan fingerprint density at radius 3 is 1.79 bits per heavy atom. The molecule has 1 rings (SSSR count). The fourth-order valence-corrected chi connectivity index (χ4v) is 4.45. The van der Waals surface area contributed by atoms with Crippen LogP contribution in [0.5, 0.6) is 0 Å². The Morgan fingerprint density at radius 2 is 1.29 bits per heavy atom. The van der Waals surface area contributed by atoms with Crippen LogP contribution in [-0.2, 0) is 24.2 Å². The van der Waals surface area contributed by atoms with Crippen LogP contribution < -0.4 is 4.90 Å². The Balaban J connectivity index is 2.13. The summed E-state index contributed by atoms with van der Waals surface area (Å²) < 4.78 is 36.1. The van der Waals surface area contributed by atoms with E-state index in [2.05, 4.69) is 0 Å². The number of carboxylic acid groups (broad SMARTS) is 1. The van der Waals surface area contributed by atoms with E-state index in [4.69, 9.17) is 13.8 Å². The zero-order valence-corrected chi connectivity index (χ0v) is 21.2. The van der Waals surface area contributed by atoms with Crippen LogP contribution in [0, 0.1) is 0 Å². The number of aliphatic carboxylic acids is 1. The highest BCUT2D eigenvalue weighted by Gasteiger charge is 2.16. The third kappa shape index (κ3) is 15.8. The van der Waals surface area contributed by atoms with E-state index in [1.807, 2.05) is 30.3 Å².